The summed E-state index contributed by atoms with van der Waals surface area (Å²) in [4.78, 5) is 10.8. The van der Waals surface area contributed by atoms with E-state index in [9.17, 15) is 0 Å². The maximum Gasteiger partial charge on any atom is 0.229 e. The highest BCUT2D eigenvalue weighted by Gasteiger charge is 2.30. The van der Waals surface area contributed by atoms with Crippen LogP contribution in [-0.2, 0) is 11.3 Å². The lowest BCUT2D eigenvalue weighted by atomic mass is 10.1. The Balaban J connectivity index is 1.40. The van der Waals surface area contributed by atoms with Gasteiger partial charge in [-0.2, -0.15) is 4.98 Å². The van der Waals surface area contributed by atoms with Gasteiger partial charge < -0.3 is 9.26 Å². The fourth-order valence-corrected chi connectivity index (χ4v) is 4.04. The van der Waals surface area contributed by atoms with E-state index in [0.717, 1.165) is 51.1 Å². The highest BCUT2D eigenvalue weighted by atomic mass is 32.1. The third-order valence-corrected chi connectivity index (χ3v) is 5.64. The molecule has 2 fully saturated rings. The zero-order chi connectivity index (χ0) is 16.4. The number of thiophene rings is 1. The topological polar surface area (TPSA) is 54.6 Å². The number of nitrogens with zero attached hydrogens (tertiary/aromatic N) is 4. The van der Waals surface area contributed by atoms with Gasteiger partial charge in [-0.05, 0) is 31.3 Å². The molecule has 7 heteroatoms. The minimum atomic E-state index is 0.397. The van der Waals surface area contributed by atoms with Crippen LogP contribution in [0.5, 0.6) is 0 Å². The molecule has 0 amide bonds. The largest absolute Gasteiger partial charge is 0.379 e. The molecule has 0 N–H and O–H groups in total. The fraction of sp³-hybridized carbons (Fsp3) is 0.647. The molecule has 1 atom stereocenters. The van der Waals surface area contributed by atoms with E-state index in [1.165, 1.54) is 17.7 Å². The lowest BCUT2D eigenvalue weighted by Crippen LogP contribution is -2.42. The number of hydrogen-bond acceptors (Lipinski definition) is 7. The van der Waals surface area contributed by atoms with Crippen molar-refractivity contribution in [2.45, 2.75) is 31.3 Å². The first-order valence-electron chi connectivity index (χ1n) is 8.66. The lowest BCUT2D eigenvalue weighted by molar-refractivity contribution is 0.00946. The molecule has 0 spiro atoms. The van der Waals surface area contributed by atoms with Crippen molar-refractivity contribution >= 4 is 11.3 Å². The maximum atomic E-state index is 5.51. The first-order valence-corrected chi connectivity index (χ1v) is 9.54. The van der Waals surface area contributed by atoms with Crippen LogP contribution >= 0.6 is 11.3 Å². The molecule has 0 aromatic carbocycles. The molecule has 1 saturated carbocycles. The summed E-state index contributed by atoms with van der Waals surface area (Å²) < 4.78 is 10.9. The van der Waals surface area contributed by atoms with E-state index in [4.69, 9.17) is 9.26 Å². The molecule has 24 heavy (non-hydrogen) atoms. The minimum absolute atomic E-state index is 0.397. The first-order chi connectivity index (χ1) is 11.8. The summed E-state index contributed by atoms with van der Waals surface area (Å²) in [6, 6.07) is 4.76. The van der Waals surface area contributed by atoms with E-state index in [2.05, 4.69) is 44.5 Å². The van der Waals surface area contributed by atoms with Crippen molar-refractivity contribution in [1.82, 2.24) is 19.9 Å². The van der Waals surface area contributed by atoms with Crippen LogP contribution in [0.3, 0.4) is 0 Å². The molecule has 0 unspecified atom stereocenters. The van der Waals surface area contributed by atoms with E-state index < -0.39 is 0 Å². The molecule has 130 valence electrons. The summed E-state index contributed by atoms with van der Waals surface area (Å²) in [6.45, 7) is 5.30. The van der Waals surface area contributed by atoms with E-state index in [-0.39, 0.29) is 0 Å². The summed E-state index contributed by atoms with van der Waals surface area (Å²) in [5, 5.41) is 6.30. The average Bonchev–Trinajstić information content (AvgIpc) is 3.11. The summed E-state index contributed by atoms with van der Waals surface area (Å²) in [7, 11) is 2.13. The van der Waals surface area contributed by atoms with Gasteiger partial charge in [-0.25, -0.2) is 0 Å². The standard InChI is InChI=1S/C17H24N4O2S/c1-20(12-16-18-17(23-19-16)13-4-5-13)11-14(15-3-2-10-24-15)21-6-8-22-9-7-21/h2-3,10,13-14H,4-9,11-12H2,1H3/t14-/m0/s1. The van der Waals surface area contributed by atoms with Gasteiger partial charge in [-0.1, -0.05) is 11.2 Å². The van der Waals surface area contributed by atoms with Crippen molar-refractivity contribution in [3.05, 3.63) is 34.1 Å². The Morgan fingerprint density at radius 3 is 2.92 bits per heavy atom. The van der Waals surface area contributed by atoms with Crippen LogP contribution < -0.4 is 0 Å². The van der Waals surface area contributed by atoms with Gasteiger partial charge in [0.25, 0.3) is 0 Å². The normalized spacial score (nSPS) is 20.6. The second-order valence-corrected chi connectivity index (χ2v) is 7.68. The SMILES string of the molecule is CN(Cc1noc(C2CC2)n1)C[C@@H](c1cccs1)N1CCOCC1. The van der Waals surface area contributed by atoms with Crippen molar-refractivity contribution < 1.29 is 9.26 Å². The summed E-state index contributed by atoms with van der Waals surface area (Å²) >= 11 is 1.83. The molecule has 1 aliphatic heterocycles. The quantitative estimate of drug-likeness (QED) is 0.766. The molecule has 4 rings (SSSR count). The maximum absolute atomic E-state index is 5.51. The van der Waals surface area contributed by atoms with Crippen LogP contribution in [0.25, 0.3) is 0 Å². The molecular formula is C17H24N4O2S. The van der Waals surface area contributed by atoms with Gasteiger partial charge in [0.05, 0.1) is 25.8 Å². The molecular weight excluding hydrogens is 324 g/mol. The summed E-state index contributed by atoms with van der Waals surface area (Å²) in [5.41, 5.74) is 0. The van der Waals surface area contributed by atoms with Crippen molar-refractivity contribution in [2.24, 2.45) is 0 Å². The van der Waals surface area contributed by atoms with E-state index in [0.29, 0.717) is 12.0 Å². The third-order valence-electron chi connectivity index (χ3n) is 4.66. The Kier molecular flexibility index (Phi) is 4.93. The fourth-order valence-electron chi connectivity index (χ4n) is 3.18. The molecule has 1 saturated heterocycles. The minimum Gasteiger partial charge on any atom is -0.379 e. The smallest absolute Gasteiger partial charge is 0.229 e. The Bertz CT molecular complexity index is 635. The summed E-state index contributed by atoms with van der Waals surface area (Å²) in [5.74, 6) is 2.14. The monoisotopic (exact) mass is 348 g/mol. The van der Waals surface area contributed by atoms with Crippen LogP contribution in [0.4, 0.5) is 0 Å². The molecule has 0 radical (unpaired) electrons. The Morgan fingerprint density at radius 1 is 1.38 bits per heavy atom. The molecule has 6 nitrogen and oxygen atoms in total. The van der Waals surface area contributed by atoms with Crippen LogP contribution in [-0.4, -0.2) is 59.8 Å². The summed E-state index contributed by atoms with van der Waals surface area (Å²) in [6.07, 6.45) is 2.38. The van der Waals surface area contributed by atoms with E-state index in [1.54, 1.807) is 0 Å². The average molecular weight is 348 g/mol. The zero-order valence-electron chi connectivity index (χ0n) is 14.1. The molecule has 2 aromatic rings. The lowest BCUT2D eigenvalue weighted by Gasteiger charge is -2.36. The van der Waals surface area contributed by atoms with Crippen molar-refractivity contribution in [2.75, 3.05) is 39.9 Å². The van der Waals surface area contributed by atoms with Gasteiger partial charge in [-0.3, -0.25) is 9.80 Å². The van der Waals surface area contributed by atoms with E-state index >= 15 is 0 Å². The first kappa shape index (κ1) is 16.2. The third kappa shape index (κ3) is 3.85. The molecule has 2 aliphatic rings. The molecule has 3 heterocycles. The highest BCUT2D eigenvalue weighted by Crippen LogP contribution is 2.38. The van der Waals surface area contributed by atoms with Gasteiger partial charge in [0.2, 0.25) is 5.89 Å². The Labute approximate surface area is 146 Å². The van der Waals surface area contributed by atoms with Gasteiger partial charge in [0.1, 0.15) is 0 Å². The Morgan fingerprint density at radius 2 is 2.21 bits per heavy atom. The van der Waals surface area contributed by atoms with Crippen LogP contribution in [0.1, 0.15) is 41.4 Å². The predicted molar refractivity (Wildman–Crippen MR) is 92.1 cm³/mol. The second-order valence-electron chi connectivity index (χ2n) is 6.70. The molecule has 0 bridgehead atoms. The Hall–Kier alpha value is -1.28. The van der Waals surface area contributed by atoms with Crippen molar-refractivity contribution in [3.8, 4) is 0 Å². The zero-order valence-corrected chi connectivity index (χ0v) is 14.9. The van der Waals surface area contributed by atoms with Gasteiger partial charge >= 0.3 is 0 Å². The number of ether oxygens (including phenoxy) is 1. The van der Waals surface area contributed by atoms with Crippen molar-refractivity contribution in [1.29, 1.82) is 0 Å². The van der Waals surface area contributed by atoms with E-state index in [1.807, 2.05) is 11.3 Å². The van der Waals surface area contributed by atoms with Gasteiger partial charge in [-0.15, -0.1) is 11.3 Å². The second kappa shape index (κ2) is 7.31. The molecule has 2 aromatic heterocycles. The number of likely N-dealkylation sites (N-methyl/N-ethyl adjacent to an activating group) is 1. The highest BCUT2D eigenvalue weighted by molar-refractivity contribution is 7.10. The van der Waals surface area contributed by atoms with Crippen LogP contribution in [0.2, 0.25) is 0 Å². The number of morpholine rings is 1. The number of rotatable bonds is 7. The van der Waals surface area contributed by atoms with Crippen LogP contribution in [0.15, 0.2) is 22.0 Å². The van der Waals surface area contributed by atoms with Gasteiger partial charge in [0, 0.05) is 30.4 Å². The molecule has 1 aliphatic carbocycles. The number of aromatic nitrogens is 2. The van der Waals surface area contributed by atoms with Gasteiger partial charge in [0.15, 0.2) is 5.82 Å². The van der Waals surface area contributed by atoms with Crippen LogP contribution in [0, 0.1) is 0 Å². The van der Waals surface area contributed by atoms with Crippen molar-refractivity contribution in [3.63, 3.8) is 0 Å². The number of hydrogen-bond donors (Lipinski definition) is 0. The predicted octanol–water partition coefficient (Wildman–Crippen LogP) is 2.51.